The van der Waals surface area contributed by atoms with Crippen LogP contribution in [-0.2, 0) is 19.3 Å². The first-order chi connectivity index (χ1) is 18.5. The Morgan fingerprint density at radius 3 is 2.23 bits per heavy atom. The monoisotopic (exact) mass is 536 g/mol. The Bertz CT molecular complexity index is 1480. The van der Waals surface area contributed by atoms with Crippen LogP contribution in [0.15, 0.2) is 72.8 Å². The number of carbonyl (C=O) groups is 2. The number of aryl methyl sites for hydroxylation is 1. The van der Waals surface area contributed by atoms with Gasteiger partial charge in [0.15, 0.2) is 0 Å². The van der Waals surface area contributed by atoms with E-state index < -0.39 is 11.7 Å². The lowest BCUT2D eigenvalue weighted by Crippen LogP contribution is -2.18. The third kappa shape index (κ3) is 6.64. The molecule has 4 rings (SSSR count). The van der Waals surface area contributed by atoms with Crippen LogP contribution < -0.4 is 15.4 Å². The fraction of sp³-hybridized carbons (Fsp3) is 0.207. The minimum absolute atomic E-state index is 0.138. The molecule has 3 aromatic carbocycles. The highest BCUT2D eigenvalue weighted by Crippen LogP contribution is 2.30. The van der Waals surface area contributed by atoms with Crippen LogP contribution in [0.4, 0.5) is 18.9 Å². The number of halogens is 3. The van der Waals surface area contributed by atoms with Crippen molar-refractivity contribution in [1.29, 1.82) is 0 Å². The van der Waals surface area contributed by atoms with Crippen LogP contribution in [0.2, 0.25) is 0 Å². The number of nitrogens with zero attached hydrogens (tertiary/aromatic N) is 2. The van der Waals surface area contributed by atoms with Crippen molar-refractivity contribution >= 4 is 17.5 Å². The average Bonchev–Trinajstić information content (AvgIpc) is 3.18. The molecule has 2 N–H and O–H groups in total. The highest BCUT2D eigenvalue weighted by molar-refractivity contribution is 6.04. The molecule has 0 aliphatic heterocycles. The van der Waals surface area contributed by atoms with Crippen LogP contribution in [0.25, 0.3) is 0 Å². The van der Waals surface area contributed by atoms with Crippen molar-refractivity contribution < 1.29 is 27.5 Å². The molecular formula is C29H27F3N4O3. The van der Waals surface area contributed by atoms with Crippen molar-refractivity contribution in [1.82, 2.24) is 15.1 Å². The molecule has 7 nitrogen and oxygen atoms in total. The van der Waals surface area contributed by atoms with Crippen molar-refractivity contribution in [2.75, 3.05) is 12.4 Å². The number of aromatic nitrogens is 2. The van der Waals surface area contributed by atoms with E-state index in [1.165, 1.54) is 12.1 Å². The molecule has 10 heteroatoms. The van der Waals surface area contributed by atoms with E-state index >= 15 is 0 Å². The summed E-state index contributed by atoms with van der Waals surface area (Å²) in [5.41, 5.74) is 3.93. The van der Waals surface area contributed by atoms with Crippen molar-refractivity contribution in [3.05, 3.63) is 112 Å². The van der Waals surface area contributed by atoms with Gasteiger partial charge in [0.25, 0.3) is 11.8 Å². The van der Waals surface area contributed by atoms with Crippen molar-refractivity contribution in [2.24, 2.45) is 0 Å². The molecule has 0 radical (unpaired) electrons. The lowest BCUT2D eigenvalue weighted by atomic mass is 10.1. The number of nitrogens with one attached hydrogen (secondary N) is 2. The first-order valence-electron chi connectivity index (χ1n) is 12.1. The van der Waals surface area contributed by atoms with Gasteiger partial charge in [0.05, 0.1) is 29.2 Å². The molecule has 0 aliphatic carbocycles. The number of amides is 2. The number of rotatable bonds is 8. The summed E-state index contributed by atoms with van der Waals surface area (Å²) in [6, 6.07) is 18.5. The molecule has 39 heavy (non-hydrogen) atoms. The Morgan fingerprint density at radius 1 is 0.897 bits per heavy atom. The van der Waals surface area contributed by atoms with Gasteiger partial charge in [-0.25, -0.2) is 0 Å². The molecule has 0 saturated heterocycles. The predicted molar refractivity (Wildman–Crippen MR) is 141 cm³/mol. The molecule has 0 aliphatic rings. The molecule has 0 spiro atoms. The summed E-state index contributed by atoms with van der Waals surface area (Å²) in [6.45, 7) is 4.24. The van der Waals surface area contributed by atoms with E-state index in [9.17, 15) is 22.8 Å². The van der Waals surface area contributed by atoms with Gasteiger partial charge in [-0.3, -0.25) is 14.3 Å². The second-order valence-corrected chi connectivity index (χ2v) is 8.94. The zero-order chi connectivity index (χ0) is 28.2. The van der Waals surface area contributed by atoms with E-state index in [2.05, 4.69) is 15.7 Å². The predicted octanol–water partition coefficient (Wildman–Crippen LogP) is 5.76. The van der Waals surface area contributed by atoms with E-state index in [0.717, 1.165) is 29.0 Å². The first-order valence-corrected chi connectivity index (χ1v) is 12.1. The van der Waals surface area contributed by atoms with Gasteiger partial charge in [0, 0.05) is 18.2 Å². The number of carbonyl (C=O) groups excluding carboxylic acids is 2. The standard InChI is InChI=1S/C29H27F3N4O3/c1-18-26(19(2)36(35-18)16-21-5-4-6-23(15-21)27(37)33-3)34-28(38)22-9-7-20(8-10-22)17-39-25-13-11-24(12-14-25)29(30,31)32/h4-15H,16-17H2,1-3H3,(H,33,37)(H,34,38). The summed E-state index contributed by atoms with van der Waals surface area (Å²) in [7, 11) is 1.58. The Balaban J connectivity index is 1.38. The minimum atomic E-state index is -4.40. The summed E-state index contributed by atoms with van der Waals surface area (Å²) in [4.78, 5) is 24.9. The maximum Gasteiger partial charge on any atom is 0.416 e. The van der Waals surface area contributed by atoms with Crippen LogP contribution in [0.1, 0.15) is 48.8 Å². The molecule has 0 fully saturated rings. The smallest absolute Gasteiger partial charge is 0.416 e. The number of hydrogen-bond donors (Lipinski definition) is 2. The van der Waals surface area contributed by atoms with E-state index in [1.807, 2.05) is 26.0 Å². The number of hydrogen-bond acceptors (Lipinski definition) is 4. The topological polar surface area (TPSA) is 85.3 Å². The fourth-order valence-corrected chi connectivity index (χ4v) is 4.00. The molecule has 1 aromatic heterocycles. The molecule has 0 saturated carbocycles. The van der Waals surface area contributed by atoms with Crippen molar-refractivity contribution in [3.8, 4) is 5.75 Å². The third-order valence-corrected chi connectivity index (χ3v) is 6.17. The molecule has 1 heterocycles. The quantitative estimate of drug-likeness (QED) is 0.300. The molecule has 0 unspecified atom stereocenters. The van der Waals surface area contributed by atoms with Gasteiger partial charge >= 0.3 is 6.18 Å². The molecule has 2 amide bonds. The van der Waals surface area contributed by atoms with Gasteiger partial charge in [-0.05, 0) is 73.5 Å². The van der Waals surface area contributed by atoms with Gasteiger partial charge in [0.1, 0.15) is 12.4 Å². The van der Waals surface area contributed by atoms with Crippen LogP contribution in [0.3, 0.4) is 0 Å². The number of ether oxygens (including phenoxy) is 1. The summed E-state index contributed by atoms with van der Waals surface area (Å²) in [5, 5.41) is 10.1. The van der Waals surface area contributed by atoms with Crippen LogP contribution >= 0.6 is 0 Å². The van der Waals surface area contributed by atoms with Gasteiger partial charge in [-0.2, -0.15) is 18.3 Å². The van der Waals surface area contributed by atoms with Gasteiger partial charge in [-0.1, -0.05) is 24.3 Å². The second-order valence-electron chi connectivity index (χ2n) is 8.94. The summed E-state index contributed by atoms with van der Waals surface area (Å²) < 4.78 is 45.4. The first kappa shape index (κ1) is 27.4. The van der Waals surface area contributed by atoms with E-state index in [-0.39, 0.29) is 18.4 Å². The summed E-state index contributed by atoms with van der Waals surface area (Å²) >= 11 is 0. The van der Waals surface area contributed by atoms with Crippen LogP contribution in [-0.4, -0.2) is 28.6 Å². The molecule has 0 atom stereocenters. The lowest BCUT2D eigenvalue weighted by molar-refractivity contribution is -0.137. The fourth-order valence-electron chi connectivity index (χ4n) is 4.00. The van der Waals surface area contributed by atoms with Crippen molar-refractivity contribution in [2.45, 2.75) is 33.2 Å². The van der Waals surface area contributed by atoms with E-state index in [1.54, 1.807) is 48.1 Å². The van der Waals surface area contributed by atoms with E-state index in [4.69, 9.17) is 4.74 Å². The summed E-state index contributed by atoms with van der Waals surface area (Å²) in [5.74, 6) is -0.166. The Kier molecular flexibility index (Phi) is 8.04. The average molecular weight is 537 g/mol. The highest BCUT2D eigenvalue weighted by atomic mass is 19.4. The second kappa shape index (κ2) is 11.4. The largest absolute Gasteiger partial charge is 0.489 e. The Morgan fingerprint density at radius 2 is 1.59 bits per heavy atom. The summed E-state index contributed by atoms with van der Waals surface area (Å²) in [6.07, 6.45) is -4.40. The molecule has 4 aromatic rings. The lowest BCUT2D eigenvalue weighted by Gasteiger charge is -2.10. The normalized spacial score (nSPS) is 11.2. The zero-order valence-corrected chi connectivity index (χ0v) is 21.6. The van der Waals surface area contributed by atoms with Crippen LogP contribution in [0.5, 0.6) is 5.75 Å². The van der Waals surface area contributed by atoms with Gasteiger partial charge < -0.3 is 15.4 Å². The molecule has 0 bridgehead atoms. The minimum Gasteiger partial charge on any atom is -0.489 e. The zero-order valence-electron chi connectivity index (χ0n) is 21.6. The molecular weight excluding hydrogens is 509 g/mol. The third-order valence-electron chi connectivity index (χ3n) is 6.17. The Hall–Kier alpha value is -4.60. The SMILES string of the molecule is CNC(=O)c1cccc(Cn2nc(C)c(NC(=O)c3ccc(COc4ccc(C(F)(F)F)cc4)cc3)c2C)c1. The number of benzene rings is 3. The number of alkyl halides is 3. The molecule has 202 valence electrons. The maximum absolute atomic E-state index is 12.9. The van der Waals surface area contributed by atoms with Gasteiger partial charge in [0.2, 0.25) is 0 Å². The highest BCUT2D eigenvalue weighted by Gasteiger charge is 2.30. The van der Waals surface area contributed by atoms with Crippen molar-refractivity contribution in [3.63, 3.8) is 0 Å². The van der Waals surface area contributed by atoms with Crippen LogP contribution in [0, 0.1) is 13.8 Å². The van der Waals surface area contributed by atoms with Gasteiger partial charge in [-0.15, -0.1) is 0 Å². The van der Waals surface area contributed by atoms with E-state index in [0.29, 0.717) is 34.8 Å². The Labute approximate surface area is 223 Å². The number of anilines is 1. The maximum atomic E-state index is 12.9.